The van der Waals surface area contributed by atoms with Crippen molar-refractivity contribution in [2.45, 2.75) is 38.1 Å². The lowest BCUT2D eigenvalue weighted by atomic mass is 10.0. The lowest BCUT2D eigenvalue weighted by Crippen LogP contribution is -2.40. The number of sulfonamides is 1. The standard InChI is InChI=1S/C15H21NO4S/c1-11(12-5-3-2-4-6-12)10-21(19,20)16-14(9-15(17)18)13-7-8-13/h2-6,11,13-14,16H,7-10H2,1H3,(H,17,18). The summed E-state index contributed by atoms with van der Waals surface area (Å²) >= 11 is 0. The van der Waals surface area contributed by atoms with E-state index in [2.05, 4.69) is 4.72 Å². The molecule has 0 radical (unpaired) electrons. The highest BCUT2D eigenvalue weighted by molar-refractivity contribution is 7.89. The van der Waals surface area contributed by atoms with Gasteiger partial charge in [-0.25, -0.2) is 13.1 Å². The van der Waals surface area contributed by atoms with Crippen LogP contribution in [0.2, 0.25) is 0 Å². The third kappa shape index (κ3) is 5.13. The number of hydrogen-bond acceptors (Lipinski definition) is 3. The molecule has 0 spiro atoms. The Bertz CT molecular complexity index is 581. The Labute approximate surface area is 125 Å². The fraction of sp³-hybridized carbons (Fsp3) is 0.533. The molecule has 2 N–H and O–H groups in total. The van der Waals surface area contributed by atoms with Gasteiger partial charge in [-0.1, -0.05) is 37.3 Å². The van der Waals surface area contributed by atoms with E-state index in [-0.39, 0.29) is 24.0 Å². The summed E-state index contributed by atoms with van der Waals surface area (Å²) < 4.78 is 27.0. The molecule has 0 bridgehead atoms. The molecule has 0 amide bonds. The van der Waals surface area contributed by atoms with Crippen molar-refractivity contribution in [3.05, 3.63) is 35.9 Å². The average molecular weight is 311 g/mol. The fourth-order valence-corrected chi connectivity index (χ4v) is 4.16. The Kier molecular flexibility index (Phi) is 5.00. The second kappa shape index (κ2) is 6.58. The van der Waals surface area contributed by atoms with E-state index in [0.29, 0.717) is 0 Å². The van der Waals surface area contributed by atoms with Crippen LogP contribution in [-0.4, -0.2) is 31.3 Å². The lowest BCUT2D eigenvalue weighted by Gasteiger charge is -2.18. The van der Waals surface area contributed by atoms with E-state index in [1.54, 1.807) is 0 Å². The fourth-order valence-electron chi connectivity index (χ4n) is 2.48. The minimum Gasteiger partial charge on any atom is -0.481 e. The molecule has 0 aromatic heterocycles. The van der Waals surface area contributed by atoms with E-state index in [0.717, 1.165) is 18.4 Å². The van der Waals surface area contributed by atoms with Crippen LogP contribution in [0.1, 0.15) is 37.7 Å². The summed E-state index contributed by atoms with van der Waals surface area (Å²) in [6, 6.07) is 8.97. The van der Waals surface area contributed by atoms with Crippen LogP contribution in [0, 0.1) is 5.92 Å². The SMILES string of the molecule is CC(CS(=O)(=O)NC(CC(=O)O)C1CC1)c1ccccc1. The van der Waals surface area contributed by atoms with Crippen molar-refractivity contribution in [1.29, 1.82) is 0 Å². The predicted octanol–water partition coefficient (Wildman–Crippen LogP) is 1.96. The number of rotatable bonds is 8. The van der Waals surface area contributed by atoms with E-state index in [1.165, 1.54) is 0 Å². The maximum absolute atomic E-state index is 12.2. The van der Waals surface area contributed by atoms with E-state index < -0.39 is 22.0 Å². The predicted molar refractivity (Wildman–Crippen MR) is 80.5 cm³/mol. The van der Waals surface area contributed by atoms with Gasteiger partial charge in [-0.05, 0) is 30.2 Å². The van der Waals surface area contributed by atoms with E-state index in [9.17, 15) is 13.2 Å². The first-order valence-electron chi connectivity index (χ1n) is 7.14. The minimum atomic E-state index is -3.49. The highest BCUT2D eigenvalue weighted by Gasteiger charge is 2.35. The van der Waals surface area contributed by atoms with Crippen molar-refractivity contribution in [3.8, 4) is 0 Å². The second-order valence-electron chi connectivity index (χ2n) is 5.75. The van der Waals surface area contributed by atoms with Crippen LogP contribution in [0.3, 0.4) is 0 Å². The molecule has 1 aromatic rings. The van der Waals surface area contributed by atoms with Gasteiger partial charge in [0.2, 0.25) is 10.0 Å². The second-order valence-corrected chi connectivity index (χ2v) is 7.55. The van der Waals surface area contributed by atoms with Crippen LogP contribution < -0.4 is 4.72 Å². The van der Waals surface area contributed by atoms with Gasteiger partial charge in [-0.2, -0.15) is 0 Å². The van der Waals surface area contributed by atoms with Crippen molar-refractivity contribution >= 4 is 16.0 Å². The number of aliphatic carboxylic acids is 1. The molecule has 1 fully saturated rings. The zero-order chi connectivity index (χ0) is 15.5. The smallest absolute Gasteiger partial charge is 0.304 e. The van der Waals surface area contributed by atoms with Crippen molar-refractivity contribution < 1.29 is 18.3 Å². The number of carboxylic acids is 1. The first-order chi connectivity index (χ1) is 9.87. The molecular weight excluding hydrogens is 290 g/mol. The van der Waals surface area contributed by atoms with Gasteiger partial charge in [0.1, 0.15) is 0 Å². The topological polar surface area (TPSA) is 83.5 Å². The first-order valence-corrected chi connectivity index (χ1v) is 8.79. The minimum absolute atomic E-state index is 0.0279. The Morgan fingerprint density at radius 3 is 2.48 bits per heavy atom. The highest BCUT2D eigenvalue weighted by Crippen LogP contribution is 2.34. The Morgan fingerprint density at radius 1 is 1.33 bits per heavy atom. The van der Waals surface area contributed by atoms with Crippen LogP contribution in [0.25, 0.3) is 0 Å². The number of benzene rings is 1. The number of hydrogen-bond donors (Lipinski definition) is 2. The molecule has 1 aromatic carbocycles. The van der Waals surface area contributed by atoms with E-state index in [1.807, 2.05) is 37.3 Å². The molecule has 1 aliphatic carbocycles. The Balaban J connectivity index is 1.99. The van der Waals surface area contributed by atoms with Crippen LogP contribution in [0.15, 0.2) is 30.3 Å². The van der Waals surface area contributed by atoms with Gasteiger partial charge in [0.15, 0.2) is 0 Å². The highest BCUT2D eigenvalue weighted by atomic mass is 32.2. The number of nitrogens with one attached hydrogen (secondary N) is 1. The van der Waals surface area contributed by atoms with Gasteiger partial charge in [-0.3, -0.25) is 4.79 Å². The van der Waals surface area contributed by atoms with Crippen molar-refractivity contribution in [2.24, 2.45) is 5.92 Å². The Morgan fingerprint density at radius 2 is 1.95 bits per heavy atom. The molecule has 1 saturated carbocycles. The molecule has 0 heterocycles. The summed E-state index contributed by atoms with van der Waals surface area (Å²) in [5.41, 5.74) is 0.962. The molecule has 5 nitrogen and oxygen atoms in total. The van der Waals surface area contributed by atoms with Crippen molar-refractivity contribution in [2.75, 3.05) is 5.75 Å². The normalized spacial score (nSPS) is 18.1. The van der Waals surface area contributed by atoms with Gasteiger partial charge in [0.05, 0.1) is 12.2 Å². The van der Waals surface area contributed by atoms with Gasteiger partial charge >= 0.3 is 5.97 Å². The lowest BCUT2D eigenvalue weighted by molar-refractivity contribution is -0.137. The molecule has 6 heteroatoms. The molecular formula is C15H21NO4S. The maximum atomic E-state index is 12.2. The summed E-state index contributed by atoms with van der Waals surface area (Å²) in [6.07, 6.45) is 1.65. The molecule has 1 aliphatic rings. The number of carbonyl (C=O) groups is 1. The van der Waals surface area contributed by atoms with Gasteiger partial charge in [0.25, 0.3) is 0 Å². The molecule has 0 aliphatic heterocycles. The summed E-state index contributed by atoms with van der Waals surface area (Å²) in [4.78, 5) is 10.8. The third-order valence-electron chi connectivity index (χ3n) is 3.75. The molecule has 2 atom stereocenters. The third-order valence-corrected chi connectivity index (χ3v) is 5.36. The summed E-state index contributed by atoms with van der Waals surface area (Å²) in [7, 11) is -3.49. The first kappa shape index (κ1) is 16.0. The van der Waals surface area contributed by atoms with Crippen LogP contribution >= 0.6 is 0 Å². The number of carboxylic acid groups (broad SMARTS) is 1. The summed E-state index contributed by atoms with van der Waals surface area (Å²) in [5.74, 6) is -0.957. The van der Waals surface area contributed by atoms with Gasteiger partial charge in [0, 0.05) is 6.04 Å². The Hall–Kier alpha value is -1.40. The molecule has 2 unspecified atom stereocenters. The molecule has 0 saturated heterocycles. The monoisotopic (exact) mass is 311 g/mol. The zero-order valence-electron chi connectivity index (χ0n) is 12.0. The molecule has 116 valence electrons. The van der Waals surface area contributed by atoms with E-state index in [4.69, 9.17) is 5.11 Å². The van der Waals surface area contributed by atoms with Gasteiger partial charge < -0.3 is 5.11 Å². The molecule has 2 rings (SSSR count). The van der Waals surface area contributed by atoms with Gasteiger partial charge in [-0.15, -0.1) is 0 Å². The average Bonchev–Trinajstić information content (AvgIpc) is 3.21. The van der Waals surface area contributed by atoms with Crippen LogP contribution in [-0.2, 0) is 14.8 Å². The summed E-state index contributed by atoms with van der Waals surface area (Å²) in [5, 5.41) is 8.88. The largest absolute Gasteiger partial charge is 0.481 e. The van der Waals surface area contributed by atoms with Crippen molar-refractivity contribution in [3.63, 3.8) is 0 Å². The molecule has 21 heavy (non-hydrogen) atoms. The van der Waals surface area contributed by atoms with Crippen LogP contribution in [0.4, 0.5) is 0 Å². The quantitative estimate of drug-likeness (QED) is 0.769. The summed E-state index contributed by atoms with van der Waals surface area (Å²) in [6.45, 7) is 1.86. The van der Waals surface area contributed by atoms with Crippen molar-refractivity contribution in [1.82, 2.24) is 4.72 Å². The van der Waals surface area contributed by atoms with Crippen LogP contribution in [0.5, 0.6) is 0 Å². The maximum Gasteiger partial charge on any atom is 0.304 e. The zero-order valence-corrected chi connectivity index (χ0v) is 12.8. The van der Waals surface area contributed by atoms with E-state index >= 15 is 0 Å².